The van der Waals surface area contributed by atoms with Crippen LogP contribution in [0.4, 0.5) is 0 Å². The van der Waals surface area contributed by atoms with E-state index in [0.29, 0.717) is 11.6 Å². The molecule has 2 saturated carbocycles. The van der Waals surface area contributed by atoms with Gasteiger partial charge in [0.15, 0.2) is 0 Å². The largest absolute Gasteiger partial charge is 0.311 e. The second-order valence-corrected chi connectivity index (χ2v) is 7.75. The summed E-state index contributed by atoms with van der Waals surface area (Å²) in [7, 11) is 0. The van der Waals surface area contributed by atoms with Crippen LogP contribution in [-0.2, 0) is 0 Å². The fourth-order valence-electron chi connectivity index (χ4n) is 4.29. The predicted molar refractivity (Wildman–Crippen MR) is 79.6 cm³/mol. The molecule has 0 radical (unpaired) electrons. The highest BCUT2D eigenvalue weighted by Gasteiger charge is 2.63. The standard InChI is InChI=1S/C14H20IN3/c1-8(2)18-11(5-12(15)17-18)13-9-6-14(3-4-16-14)7-10(9)13/h5,8-10,13,16H,3-4,6-7H2,1-2H3/t9-,10+,13+,14+. The minimum Gasteiger partial charge on any atom is -0.311 e. The number of hydrogen-bond acceptors (Lipinski definition) is 2. The van der Waals surface area contributed by atoms with Crippen molar-refractivity contribution >= 4 is 22.6 Å². The minimum atomic E-state index is 0.487. The summed E-state index contributed by atoms with van der Waals surface area (Å²) in [6, 6.07) is 2.80. The summed E-state index contributed by atoms with van der Waals surface area (Å²) in [5.41, 5.74) is 2.06. The molecule has 2 heterocycles. The first-order chi connectivity index (χ1) is 8.60. The lowest BCUT2D eigenvalue weighted by Crippen LogP contribution is -2.55. The Kier molecular flexibility index (Phi) is 2.42. The monoisotopic (exact) mass is 357 g/mol. The van der Waals surface area contributed by atoms with E-state index in [2.05, 4.69) is 57.6 Å². The molecule has 1 saturated heterocycles. The Morgan fingerprint density at radius 2 is 2.11 bits per heavy atom. The van der Waals surface area contributed by atoms with E-state index in [1.807, 2.05) is 0 Å². The quantitative estimate of drug-likeness (QED) is 0.825. The van der Waals surface area contributed by atoms with Crippen LogP contribution in [0.25, 0.3) is 0 Å². The van der Waals surface area contributed by atoms with E-state index in [-0.39, 0.29) is 0 Å². The number of hydrogen-bond donors (Lipinski definition) is 1. The summed E-state index contributed by atoms with van der Waals surface area (Å²) < 4.78 is 3.41. The zero-order valence-corrected chi connectivity index (χ0v) is 13.1. The van der Waals surface area contributed by atoms with Gasteiger partial charge in [-0.3, -0.25) is 4.68 Å². The molecule has 1 spiro atoms. The number of aromatic nitrogens is 2. The summed E-state index contributed by atoms with van der Waals surface area (Å²) in [5, 5.41) is 8.33. The van der Waals surface area contributed by atoms with Crippen molar-refractivity contribution in [3.63, 3.8) is 0 Å². The second kappa shape index (κ2) is 3.72. The first-order valence-electron chi connectivity index (χ1n) is 7.10. The Morgan fingerprint density at radius 1 is 1.44 bits per heavy atom. The van der Waals surface area contributed by atoms with Gasteiger partial charge in [0.2, 0.25) is 0 Å². The maximum absolute atomic E-state index is 4.66. The maximum Gasteiger partial charge on any atom is 0.123 e. The van der Waals surface area contributed by atoms with Crippen LogP contribution in [0.2, 0.25) is 0 Å². The Labute approximate surface area is 122 Å². The SMILES string of the molecule is CC(C)n1nc(I)cc1[C@H]1[C@@H]2C[C@@]3(CCN3)C[C@@H]21. The molecule has 98 valence electrons. The van der Waals surface area contributed by atoms with E-state index in [1.165, 1.54) is 31.5 Å². The van der Waals surface area contributed by atoms with Gasteiger partial charge < -0.3 is 5.32 Å². The van der Waals surface area contributed by atoms with Crippen molar-refractivity contribution in [2.24, 2.45) is 11.8 Å². The molecule has 0 unspecified atom stereocenters. The lowest BCUT2D eigenvalue weighted by molar-refractivity contribution is 0.189. The molecule has 3 nitrogen and oxygen atoms in total. The molecule has 0 aromatic carbocycles. The van der Waals surface area contributed by atoms with E-state index >= 15 is 0 Å². The zero-order valence-electron chi connectivity index (χ0n) is 11.0. The maximum atomic E-state index is 4.66. The van der Waals surface area contributed by atoms with E-state index in [9.17, 15) is 0 Å². The summed E-state index contributed by atoms with van der Waals surface area (Å²) in [4.78, 5) is 0. The van der Waals surface area contributed by atoms with Gasteiger partial charge in [-0.05, 0) is 80.1 Å². The smallest absolute Gasteiger partial charge is 0.123 e. The highest BCUT2D eigenvalue weighted by Crippen LogP contribution is 2.67. The lowest BCUT2D eigenvalue weighted by atomic mass is 9.81. The van der Waals surface area contributed by atoms with Crippen molar-refractivity contribution in [1.82, 2.24) is 15.1 Å². The van der Waals surface area contributed by atoms with Crippen molar-refractivity contribution in [3.05, 3.63) is 15.5 Å². The fourth-order valence-corrected chi connectivity index (χ4v) is 4.84. The average molecular weight is 357 g/mol. The van der Waals surface area contributed by atoms with Gasteiger partial charge in [-0.1, -0.05) is 0 Å². The Hall–Kier alpha value is -0.100. The average Bonchev–Trinajstić information content (AvgIpc) is 2.67. The van der Waals surface area contributed by atoms with Crippen molar-refractivity contribution in [1.29, 1.82) is 0 Å². The van der Waals surface area contributed by atoms with Gasteiger partial charge >= 0.3 is 0 Å². The zero-order chi connectivity index (χ0) is 12.5. The molecule has 1 aromatic heterocycles. The molecular weight excluding hydrogens is 337 g/mol. The molecule has 18 heavy (non-hydrogen) atoms. The van der Waals surface area contributed by atoms with Gasteiger partial charge in [-0.2, -0.15) is 5.10 Å². The molecule has 4 atom stereocenters. The fraction of sp³-hybridized carbons (Fsp3) is 0.786. The number of fused-ring (bicyclic) bond motifs is 1. The van der Waals surface area contributed by atoms with Crippen molar-refractivity contribution < 1.29 is 0 Å². The van der Waals surface area contributed by atoms with Crippen LogP contribution in [-0.4, -0.2) is 21.9 Å². The van der Waals surface area contributed by atoms with Gasteiger partial charge in [-0.15, -0.1) is 0 Å². The first kappa shape index (κ1) is 11.7. The highest BCUT2D eigenvalue weighted by molar-refractivity contribution is 14.1. The van der Waals surface area contributed by atoms with E-state index < -0.39 is 0 Å². The topological polar surface area (TPSA) is 29.9 Å². The van der Waals surface area contributed by atoms with Gasteiger partial charge in [0.25, 0.3) is 0 Å². The minimum absolute atomic E-state index is 0.487. The molecule has 0 amide bonds. The first-order valence-corrected chi connectivity index (χ1v) is 8.17. The van der Waals surface area contributed by atoms with Crippen LogP contribution in [0.3, 0.4) is 0 Å². The Morgan fingerprint density at radius 3 is 2.61 bits per heavy atom. The normalized spacial score (nSPS) is 41.2. The number of halogens is 1. The third-order valence-electron chi connectivity index (χ3n) is 5.25. The molecule has 3 aliphatic rings. The van der Waals surface area contributed by atoms with Crippen LogP contribution >= 0.6 is 22.6 Å². The molecule has 4 rings (SSSR count). The van der Waals surface area contributed by atoms with Crippen LogP contribution in [0.1, 0.15) is 50.8 Å². The van der Waals surface area contributed by atoms with Gasteiger partial charge in [-0.25, -0.2) is 0 Å². The predicted octanol–water partition coefficient (Wildman–Crippen LogP) is 2.92. The number of nitrogens with zero attached hydrogens (tertiary/aromatic N) is 2. The number of nitrogens with one attached hydrogen (secondary N) is 1. The molecule has 1 aliphatic heterocycles. The summed E-state index contributed by atoms with van der Waals surface area (Å²) in [6.07, 6.45) is 4.22. The third kappa shape index (κ3) is 1.54. The third-order valence-corrected chi connectivity index (χ3v) is 5.78. The van der Waals surface area contributed by atoms with E-state index in [4.69, 9.17) is 0 Å². The highest BCUT2D eigenvalue weighted by atomic mass is 127. The van der Waals surface area contributed by atoms with Crippen molar-refractivity contribution in [2.75, 3.05) is 6.54 Å². The van der Waals surface area contributed by atoms with Gasteiger partial charge in [0.1, 0.15) is 3.70 Å². The molecule has 1 N–H and O–H groups in total. The van der Waals surface area contributed by atoms with E-state index in [1.54, 1.807) is 0 Å². The molecule has 4 heteroatoms. The second-order valence-electron chi connectivity index (χ2n) is 6.65. The molecule has 3 fully saturated rings. The van der Waals surface area contributed by atoms with Crippen LogP contribution in [0, 0.1) is 15.5 Å². The summed E-state index contributed by atoms with van der Waals surface area (Å²) in [5.74, 6) is 2.67. The number of rotatable bonds is 2. The lowest BCUT2D eigenvalue weighted by Gasteiger charge is -2.42. The van der Waals surface area contributed by atoms with Crippen LogP contribution in [0.5, 0.6) is 0 Å². The molecule has 2 aliphatic carbocycles. The van der Waals surface area contributed by atoms with Crippen LogP contribution < -0.4 is 5.32 Å². The summed E-state index contributed by atoms with van der Waals surface area (Å²) in [6.45, 7) is 5.71. The Bertz CT molecular complexity index is 475. The van der Waals surface area contributed by atoms with Crippen molar-refractivity contribution in [2.45, 2.75) is 50.6 Å². The van der Waals surface area contributed by atoms with E-state index in [0.717, 1.165) is 21.5 Å². The van der Waals surface area contributed by atoms with Crippen LogP contribution in [0.15, 0.2) is 6.07 Å². The Balaban J connectivity index is 1.57. The van der Waals surface area contributed by atoms with Gasteiger partial charge in [0, 0.05) is 23.2 Å². The van der Waals surface area contributed by atoms with Crippen molar-refractivity contribution in [3.8, 4) is 0 Å². The van der Waals surface area contributed by atoms with Gasteiger partial charge in [0.05, 0.1) is 0 Å². The molecule has 0 bridgehead atoms. The summed E-state index contributed by atoms with van der Waals surface area (Å²) >= 11 is 2.35. The molecular formula is C14H20IN3. The molecule has 1 aromatic rings.